The van der Waals surface area contributed by atoms with Gasteiger partial charge < -0.3 is 5.32 Å². The molecule has 20 heavy (non-hydrogen) atoms. The Balaban J connectivity index is 2.20. The maximum atomic E-state index is 5.93. The highest BCUT2D eigenvalue weighted by Crippen LogP contribution is 2.17. The topological polar surface area (TPSA) is 81.4 Å². The monoisotopic (exact) mass is 295 g/mol. The normalized spacial score (nSPS) is 12.7. The van der Waals surface area contributed by atoms with Crippen LogP contribution in [0.3, 0.4) is 0 Å². The first-order valence-electron chi connectivity index (χ1n) is 6.67. The number of rotatable bonds is 6. The molecule has 0 aliphatic rings. The number of aromatic nitrogens is 6. The summed E-state index contributed by atoms with van der Waals surface area (Å²) in [5, 5.41) is 7.39. The fourth-order valence-corrected chi connectivity index (χ4v) is 2.29. The molecule has 2 aromatic rings. The van der Waals surface area contributed by atoms with Gasteiger partial charge in [0.05, 0.1) is 0 Å². The zero-order valence-electron chi connectivity index (χ0n) is 11.8. The summed E-state index contributed by atoms with van der Waals surface area (Å²) >= 11 is 5.93. The molecule has 2 aromatic heterocycles. The van der Waals surface area contributed by atoms with Gasteiger partial charge in [-0.3, -0.25) is 0 Å². The minimum absolute atomic E-state index is 0.129. The first kappa shape index (κ1) is 14.6. The molecule has 0 saturated carbocycles. The van der Waals surface area contributed by atoms with Crippen molar-refractivity contribution in [2.24, 2.45) is 5.92 Å². The Bertz CT molecular complexity index is 539. The van der Waals surface area contributed by atoms with E-state index in [9.17, 15) is 0 Å². The van der Waals surface area contributed by atoms with Crippen LogP contribution < -0.4 is 5.32 Å². The van der Waals surface area contributed by atoms with Crippen LogP contribution in [-0.2, 0) is 0 Å². The first-order valence-corrected chi connectivity index (χ1v) is 7.05. The lowest BCUT2D eigenvalue weighted by Crippen LogP contribution is -2.26. The summed E-state index contributed by atoms with van der Waals surface area (Å²) in [5.74, 6) is 1.36. The van der Waals surface area contributed by atoms with Crippen molar-refractivity contribution in [2.45, 2.75) is 39.7 Å². The molecule has 0 aliphatic carbocycles. The van der Waals surface area contributed by atoms with Gasteiger partial charge in [0.15, 0.2) is 0 Å². The lowest BCUT2D eigenvalue weighted by atomic mass is 9.96. The van der Waals surface area contributed by atoms with Crippen LogP contribution in [0.2, 0.25) is 5.28 Å². The predicted octanol–water partition coefficient (Wildman–Crippen LogP) is 2.34. The summed E-state index contributed by atoms with van der Waals surface area (Å²) in [6, 6.07) is 0.257. The molecule has 7 nitrogen and oxygen atoms in total. The summed E-state index contributed by atoms with van der Waals surface area (Å²) in [7, 11) is 0. The molecular weight excluding hydrogens is 278 g/mol. The molecule has 0 radical (unpaired) electrons. The molecule has 2 heterocycles. The van der Waals surface area contributed by atoms with Crippen molar-refractivity contribution in [3.05, 3.63) is 17.9 Å². The van der Waals surface area contributed by atoms with E-state index in [2.05, 4.69) is 51.1 Å². The molecule has 0 saturated heterocycles. The Morgan fingerprint density at radius 3 is 2.60 bits per heavy atom. The van der Waals surface area contributed by atoms with E-state index in [0.29, 0.717) is 17.8 Å². The van der Waals surface area contributed by atoms with Gasteiger partial charge in [0.1, 0.15) is 12.7 Å². The van der Waals surface area contributed by atoms with E-state index >= 15 is 0 Å². The molecule has 0 spiro atoms. The average molecular weight is 296 g/mol. The fourth-order valence-electron chi connectivity index (χ4n) is 2.14. The molecule has 0 aromatic carbocycles. The Kier molecular flexibility index (Phi) is 4.84. The van der Waals surface area contributed by atoms with Gasteiger partial charge in [-0.2, -0.15) is 24.7 Å². The number of halogens is 1. The highest BCUT2D eigenvalue weighted by Gasteiger charge is 2.15. The minimum atomic E-state index is 0.129. The minimum Gasteiger partial charge on any atom is -0.351 e. The number of hydrogen-bond donors (Lipinski definition) is 1. The zero-order chi connectivity index (χ0) is 14.5. The molecule has 1 atom stereocenters. The Morgan fingerprint density at radius 2 is 2.00 bits per heavy atom. The molecule has 108 valence electrons. The third-order valence-corrected chi connectivity index (χ3v) is 3.50. The van der Waals surface area contributed by atoms with Crippen LogP contribution in [0.5, 0.6) is 0 Å². The van der Waals surface area contributed by atoms with Crippen molar-refractivity contribution in [3.8, 4) is 5.95 Å². The van der Waals surface area contributed by atoms with Crippen molar-refractivity contribution in [1.29, 1.82) is 0 Å². The van der Waals surface area contributed by atoms with Gasteiger partial charge in [-0.15, -0.1) is 0 Å². The van der Waals surface area contributed by atoms with E-state index in [4.69, 9.17) is 11.6 Å². The maximum absolute atomic E-state index is 5.93. The summed E-state index contributed by atoms with van der Waals surface area (Å²) in [4.78, 5) is 16.3. The molecule has 0 aliphatic heterocycles. The van der Waals surface area contributed by atoms with Crippen molar-refractivity contribution >= 4 is 17.5 Å². The van der Waals surface area contributed by atoms with E-state index in [1.807, 2.05) is 0 Å². The highest BCUT2D eigenvalue weighted by atomic mass is 35.5. The van der Waals surface area contributed by atoms with Crippen LogP contribution in [0, 0.1) is 5.92 Å². The smallest absolute Gasteiger partial charge is 0.258 e. The summed E-state index contributed by atoms with van der Waals surface area (Å²) < 4.78 is 1.44. The van der Waals surface area contributed by atoms with Gasteiger partial charge in [0.2, 0.25) is 11.2 Å². The SMILES string of the molecule is CCC(CC)C(C)Nc1nc(Cl)nc(-n2cncn2)n1. The predicted molar refractivity (Wildman–Crippen MR) is 76.9 cm³/mol. The maximum Gasteiger partial charge on any atom is 0.258 e. The second kappa shape index (κ2) is 6.60. The van der Waals surface area contributed by atoms with Crippen molar-refractivity contribution in [1.82, 2.24) is 29.7 Å². The Labute approximate surface area is 122 Å². The lowest BCUT2D eigenvalue weighted by molar-refractivity contribution is 0.436. The largest absolute Gasteiger partial charge is 0.351 e. The van der Waals surface area contributed by atoms with Crippen LogP contribution in [0.1, 0.15) is 33.6 Å². The van der Waals surface area contributed by atoms with Crippen LogP contribution >= 0.6 is 11.6 Å². The molecule has 8 heteroatoms. The van der Waals surface area contributed by atoms with Crippen LogP contribution in [-0.4, -0.2) is 35.8 Å². The zero-order valence-corrected chi connectivity index (χ0v) is 12.5. The quantitative estimate of drug-likeness (QED) is 0.881. The van der Waals surface area contributed by atoms with Gasteiger partial charge >= 0.3 is 0 Å². The lowest BCUT2D eigenvalue weighted by Gasteiger charge is -2.22. The molecular formula is C12H18ClN7. The summed E-state index contributed by atoms with van der Waals surface area (Å²) in [6.07, 6.45) is 5.12. The standard InChI is InChI=1S/C12H18ClN7/c1-4-9(5-2)8(3)16-11-17-10(13)18-12(19-11)20-7-14-6-15-20/h6-9H,4-5H2,1-3H3,(H,16,17,18,19). The van der Waals surface area contributed by atoms with E-state index in [1.165, 1.54) is 17.3 Å². The van der Waals surface area contributed by atoms with E-state index < -0.39 is 0 Å². The third-order valence-electron chi connectivity index (χ3n) is 3.33. The number of anilines is 1. The second-order valence-corrected chi connectivity index (χ2v) is 4.92. The summed E-state index contributed by atoms with van der Waals surface area (Å²) in [6.45, 7) is 6.46. The average Bonchev–Trinajstić information content (AvgIpc) is 2.93. The van der Waals surface area contributed by atoms with E-state index in [-0.39, 0.29) is 11.3 Å². The van der Waals surface area contributed by atoms with Crippen molar-refractivity contribution in [3.63, 3.8) is 0 Å². The number of hydrogen-bond acceptors (Lipinski definition) is 6. The van der Waals surface area contributed by atoms with Gasteiger partial charge in [0, 0.05) is 6.04 Å². The molecule has 1 unspecified atom stereocenters. The Morgan fingerprint density at radius 1 is 1.25 bits per heavy atom. The van der Waals surface area contributed by atoms with E-state index in [1.54, 1.807) is 0 Å². The van der Waals surface area contributed by atoms with Gasteiger partial charge in [-0.25, -0.2) is 4.98 Å². The van der Waals surface area contributed by atoms with Gasteiger partial charge in [-0.05, 0) is 24.4 Å². The molecule has 0 fully saturated rings. The number of nitrogens with zero attached hydrogens (tertiary/aromatic N) is 6. The van der Waals surface area contributed by atoms with Crippen LogP contribution in [0.25, 0.3) is 5.95 Å². The molecule has 2 rings (SSSR count). The van der Waals surface area contributed by atoms with Crippen molar-refractivity contribution < 1.29 is 0 Å². The van der Waals surface area contributed by atoms with Gasteiger partial charge in [-0.1, -0.05) is 26.7 Å². The second-order valence-electron chi connectivity index (χ2n) is 4.58. The Hall–Kier alpha value is -1.76. The molecule has 0 amide bonds. The van der Waals surface area contributed by atoms with Crippen molar-refractivity contribution in [2.75, 3.05) is 5.32 Å². The molecule has 1 N–H and O–H groups in total. The first-order chi connectivity index (χ1) is 9.63. The third kappa shape index (κ3) is 3.41. The van der Waals surface area contributed by atoms with Crippen LogP contribution in [0.4, 0.5) is 5.95 Å². The van der Waals surface area contributed by atoms with E-state index in [0.717, 1.165) is 12.8 Å². The van der Waals surface area contributed by atoms with Gasteiger partial charge in [0.25, 0.3) is 5.95 Å². The van der Waals surface area contributed by atoms with Crippen LogP contribution in [0.15, 0.2) is 12.7 Å². The highest BCUT2D eigenvalue weighted by molar-refractivity contribution is 6.28. The summed E-state index contributed by atoms with van der Waals surface area (Å²) in [5.41, 5.74) is 0. The molecule has 0 bridgehead atoms. The fraction of sp³-hybridized carbons (Fsp3) is 0.583. The number of nitrogens with one attached hydrogen (secondary N) is 1.